The van der Waals surface area contributed by atoms with Crippen LogP contribution in [-0.4, -0.2) is 39.2 Å². The summed E-state index contributed by atoms with van der Waals surface area (Å²) in [4.78, 5) is 21.0. The Kier molecular flexibility index (Phi) is 14.9. The lowest BCUT2D eigenvalue weighted by Crippen LogP contribution is -2.17. The topological polar surface area (TPSA) is 97.3 Å². The van der Waals surface area contributed by atoms with Gasteiger partial charge < -0.3 is 19.6 Å². The molecule has 0 bridgehead atoms. The molecule has 0 aliphatic rings. The van der Waals surface area contributed by atoms with Gasteiger partial charge in [0.1, 0.15) is 28.3 Å². The van der Waals surface area contributed by atoms with E-state index in [-0.39, 0.29) is 10.8 Å². The lowest BCUT2D eigenvalue weighted by molar-refractivity contribution is -0.138. The van der Waals surface area contributed by atoms with Crippen LogP contribution < -0.4 is 4.74 Å². The summed E-state index contributed by atoms with van der Waals surface area (Å²) in [5.74, 6) is 0.910. The molecule has 0 saturated carbocycles. The van der Waals surface area contributed by atoms with E-state index in [4.69, 9.17) is 27.9 Å². The van der Waals surface area contributed by atoms with Gasteiger partial charge in [0.25, 0.3) is 6.47 Å². The van der Waals surface area contributed by atoms with E-state index < -0.39 is 11.5 Å². The molecule has 0 amide bonds. The molecule has 1 aromatic carbocycles. The predicted octanol–water partition coefficient (Wildman–Crippen LogP) is 8.66. The zero-order valence-corrected chi connectivity index (χ0v) is 28.2. The minimum atomic E-state index is -1.64. The molecular weight excluding hydrogens is 599 g/mol. The van der Waals surface area contributed by atoms with Crippen molar-refractivity contribution < 1.29 is 23.8 Å². The number of hydrogen-bond donors (Lipinski definition) is 2. The molecular formula is C31H41Cl2FN3O4P. The van der Waals surface area contributed by atoms with Crippen LogP contribution >= 0.6 is 32.4 Å². The van der Waals surface area contributed by atoms with E-state index in [2.05, 4.69) is 28.9 Å². The van der Waals surface area contributed by atoms with Crippen LogP contribution in [0.25, 0.3) is 11.0 Å². The number of carbonyl (C=O) groups excluding carboxylic acids is 1. The zero-order valence-electron chi connectivity index (χ0n) is 25.6. The second-order valence-electron chi connectivity index (χ2n) is 10.1. The van der Waals surface area contributed by atoms with E-state index in [1.165, 1.54) is 6.92 Å². The summed E-state index contributed by atoms with van der Waals surface area (Å²) >= 11 is 12.4. The molecule has 3 heterocycles. The molecule has 4 aromatic rings. The van der Waals surface area contributed by atoms with Gasteiger partial charge in [-0.05, 0) is 76.9 Å². The van der Waals surface area contributed by atoms with Gasteiger partial charge >= 0.3 is 0 Å². The maximum atomic E-state index is 14.2. The Morgan fingerprint density at radius 2 is 1.67 bits per heavy atom. The largest absolute Gasteiger partial charge is 0.497 e. The molecule has 0 fully saturated rings. The van der Waals surface area contributed by atoms with Crippen molar-refractivity contribution >= 4 is 49.9 Å². The number of alkyl halides is 1. The molecule has 4 rings (SSSR count). The monoisotopic (exact) mass is 639 g/mol. The van der Waals surface area contributed by atoms with E-state index in [9.17, 15) is 14.3 Å². The summed E-state index contributed by atoms with van der Waals surface area (Å²) in [6.45, 7) is 15.0. The third kappa shape index (κ3) is 11.1. The Balaban J connectivity index is 0.000000424. The molecule has 7 nitrogen and oxygen atoms in total. The third-order valence-corrected chi connectivity index (χ3v) is 6.55. The van der Waals surface area contributed by atoms with E-state index >= 15 is 0 Å². The lowest BCUT2D eigenvalue weighted by Gasteiger charge is -2.14. The number of ether oxygens (including phenoxy) is 2. The van der Waals surface area contributed by atoms with Crippen LogP contribution in [0.5, 0.6) is 5.75 Å². The van der Waals surface area contributed by atoms with Crippen molar-refractivity contribution in [3.05, 3.63) is 86.9 Å². The van der Waals surface area contributed by atoms with Crippen molar-refractivity contribution in [3.63, 3.8) is 0 Å². The van der Waals surface area contributed by atoms with Crippen LogP contribution in [0.2, 0.25) is 10.2 Å². The van der Waals surface area contributed by atoms with Gasteiger partial charge in [0.2, 0.25) is 0 Å². The molecule has 230 valence electrons. The molecule has 0 aliphatic carbocycles. The van der Waals surface area contributed by atoms with Crippen LogP contribution in [0.3, 0.4) is 0 Å². The van der Waals surface area contributed by atoms with E-state index in [1.807, 2.05) is 71.9 Å². The smallest absolute Gasteiger partial charge is 0.293 e. The summed E-state index contributed by atoms with van der Waals surface area (Å²) in [5.41, 5.74) is 2.81. The Morgan fingerprint density at radius 3 is 2.12 bits per heavy atom. The number of H-pyrrole nitrogens is 1. The van der Waals surface area contributed by atoms with Crippen molar-refractivity contribution in [1.29, 1.82) is 0 Å². The van der Waals surface area contributed by atoms with Crippen LogP contribution in [0.15, 0.2) is 48.7 Å². The summed E-state index contributed by atoms with van der Waals surface area (Å²) in [6.07, 6.45) is 0.447. The number of aryl methyl sites for hydroxylation is 2. The molecule has 3 unspecified atom stereocenters. The number of nitrogens with one attached hydrogen (secondary N) is 1. The fourth-order valence-electron chi connectivity index (χ4n) is 3.36. The first-order chi connectivity index (χ1) is 19.6. The van der Waals surface area contributed by atoms with Crippen molar-refractivity contribution in [2.75, 3.05) is 7.11 Å². The van der Waals surface area contributed by atoms with Gasteiger partial charge in [0.05, 0.1) is 23.5 Å². The highest BCUT2D eigenvalue weighted by atomic mass is 35.5. The van der Waals surface area contributed by atoms with Crippen molar-refractivity contribution in [3.8, 4) is 5.75 Å². The number of aliphatic hydroxyl groups excluding tert-OH is 1. The summed E-state index contributed by atoms with van der Waals surface area (Å²) in [7, 11) is 3.79. The highest BCUT2D eigenvalue weighted by Crippen LogP contribution is 2.37. The number of hydrogen-bond acceptors (Lipinski definition) is 6. The number of carbonyl (C=O) groups is 1. The maximum Gasteiger partial charge on any atom is 0.293 e. The van der Waals surface area contributed by atoms with Crippen LogP contribution in [0.4, 0.5) is 4.39 Å². The van der Waals surface area contributed by atoms with Crippen LogP contribution in [-0.2, 0) is 14.9 Å². The molecule has 0 radical (unpaired) electrons. The molecule has 2 N–H and O–H groups in total. The number of pyridine rings is 2. The summed E-state index contributed by atoms with van der Waals surface area (Å²) < 4.78 is 23.7. The predicted molar refractivity (Wildman–Crippen MR) is 173 cm³/mol. The number of para-hydroxylation sites is 1. The second-order valence-corrected chi connectivity index (χ2v) is 11.9. The number of fused-ring (bicyclic) bond motifs is 1. The fourth-order valence-corrected chi connectivity index (χ4v) is 4.04. The SMILES string of the molecule is CC.CC(C)(C)OC=O.COc1ccccc1.Cc1cnc(Cl)c(C(O)c2cc3c(C)cc(C(C)(F)P)nc3[nH]2)c1Cl. The number of rotatable bonds is 5. The Morgan fingerprint density at radius 1 is 1.07 bits per heavy atom. The van der Waals surface area contributed by atoms with E-state index in [0.29, 0.717) is 39.7 Å². The summed E-state index contributed by atoms with van der Waals surface area (Å²) in [6, 6.07) is 13.1. The van der Waals surface area contributed by atoms with Gasteiger partial charge in [-0.3, -0.25) is 4.79 Å². The van der Waals surface area contributed by atoms with Gasteiger partial charge in [-0.2, -0.15) is 0 Å². The zero-order chi connectivity index (χ0) is 32.3. The minimum absolute atomic E-state index is 0.133. The normalized spacial score (nSPS) is 12.7. The molecule has 42 heavy (non-hydrogen) atoms. The van der Waals surface area contributed by atoms with Crippen molar-refractivity contribution in [2.24, 2.45) is 0 Å². The first kappa shape index (κ1) is 37.3. The highest BCUT2D eigenvalue weighted by Gasteiger charge is 2.25. The fraction of sp³-hybridized carbons (Fsp3) is 0.387. The standard InChI is InChI=1S/C17H17Cl2FN3OP.C7H8O.C5H10O2.C2H6/c1-7-4-11(17(3,20)25)23-16-9(7)5-10(22-16)14(24)12-13(18)8(2)6-21-15(12)19;1-8-7-5-3-2-4-6-7;1-5(2,3)7-4-6;1-2/h4-6,14,24H,25H2,1-3H3,(H,22,23);2-6H,1H3;4H,1-3H3;1-2H3. The molecule has 0 spiro atoms. The van der Waals surface area contributed by atoms with E-state index in [1.54, 1.807) is 32.4 Å². The number of benzene rings is 1. The maximum absolute atomic E-state index is 14.2. The quantitative estimate of drug-likeness (QED) is 0.129. The van der Waals surface area contributed by atoms with Crippen molar-refractivity contribution in [1.82, 2.24) is 15.0 Å². The van der Waals surface area contributed by atoms with Crippen LogP contribution in [0.1, 0.15) is 75.7 Å². The van der Waals surface area contributed by atoms with Gasteiger partial charge in [-0.15, -0.1) is 0 Å². The van der Waals surface area contributed by atoms with E-state index in [0.717, 1.165) is 16.7 Å². The third-order valence-electron chi connectivity index (χ3n) is 5.45. The van der Waals surface area contributed by atoms with Gasteiger partial charge in [0.15, 0.2) is 5.41 Å². The van der Waals surface area contributed by atoms with Gasteiger partial charge in [-0.1, -0.05) is 64.5 Å². The number of halogens is 3. The Hall–Kier alpha value is -2.77. The number of nitrogens with zero attached hydrogens (tertiary/aromatic N) is 2. The molecule has 3 aromatic heterocycles. The average molecular weight is 641 g/mol. The number of aromatic nitrogens is 3. The second kappa shape index (κ2) is 16.8. The van der Waals surface area contributed by atoms with Crippen LogP contribution in [0, 0.1) is 13.8 Å². The molecule has 11 heteroatoms. The number of methoxy groups -OCH3 is 1. The van der Waals surface area contributed by atoms with Gasteiger partial charge in [-0.25, -0.2) is 14.4 Å². The average Bonchev–Trinajstić information content (AvgIpc) is 3.37. The first-order valence-corrected chi connectivity index (χ1v) is 14.6. The number of aliphatic hydroxyl groups is 1. The molecule has 3 atom stereocenters. The Labute approximate surface area is 260 Å². The highest BCUT2D eigenvalue weighted by molar-refractivity contribution is 7.18. The Bertz CT molecular complexity index is 1420. The summed E-state index contributed by atoms with van der Waals surface area (Å²) in [5, 5.41) is 10.4. The molecule has 0 aliphatic heterocycles. The molecule has 0 saturated heterocycles. The minimum Gasteiger partial charge on any atom is -0.497 e. The first-order valence-electron chi connectivity index (χ1n) is 13.3. The number of aromatic amines is 1. The van der Waals surface area contributed by atoms with Crippen molar-refractivity contribution in [2.45, 2.75) is 72.5 Å². The lowest BCUT2D eigenvalue weighted by atomic mass is 10.1. The van der Waals surface area contributed by atoms with Gasteiger partial charge in [0, 0.05) is 17.1 Å².